The number of carbonyl (C=O) groups is 2. The summed E-state index contributed by atoms with van der Waals surface area (Å²) in [5, 5.41) is 10.4. The Balaban J connectivity index is 0.000000154. The van der Waals surface area contributed by atoms with Gasteiger partial charge in [-0.3, -0.25) is 9.59 Å². The minimum atomic E-state index is -0.121. The molecule has 2 saturated carbocycles. The maximum absolute atomic E-state index is 12.9. The van der Waals surface area contributed by atoms with E-state index in [9.17, 15) is 9.59 Å². The lowest BCUT2D eigenvalue weighted by atomic mass is 9.87. The van der Waals surface area contributed by atoms with E-state index in [1.54, 1.807) is 36.5 Å². The summed E-state index contributed by atoms with van der Waals surface area (Å²) in [6.07, 6.45) is 14.2. The molecule has 18 nitrogen and oxygen atoms in total. The third-order valence-corrected chi connectivity index (χ3v) is 12.4. The molecule has 10 rings (SSSR count). The number of amides is 2. The van der Waals surface area contributed by atoms with Gasteiger partial charge in [0.1, 0.15) is 22.5 Å². The number of carbonyl (C=O) groups excluding carboxylic acids is 2. The zero-order valence-electron chi connectivity index (χ0n) is 38.9. The van der Waals surface area contributed by atoms with E-state index in [-0.39, 0.29) is 71.0 Å². The Morgan fingerprint density at radius 1 is 0.687 bits per heavy atom. The number of fused-ring (bicyclic) bond motifs is 6. The van der Waals surface area contributed by atoms with Crippen molar-refractivity contribution in [1.82, 2.24) is 49.7 Å². The van der Waals surface area contributed by atoms with Gasteiger partial charge in [0.25, 0.3) is 0 Å². The monoisotopic (exact) mass is 930 g/mol. The van der Waals surface area contributed by atoms with Crippen LogP contribution in [0.3, 0.4) is 0 Å². The molecule has 4 heterocycles. The number of benzene rings is 2. The zero-order chi connectivity index (χ0) is 47.5. The zero-order valence-corrected chi connectivity index (χ0v) is 39.7. The number of hydrogen-bond acceptors (Lipinski definition) is 14. The number of nitrogens with two attached hydrogens (primary N) is 1. The van der Waals surface area contributed by atoms with Crippen molar-refractivity contribution in [3.8, 4) is 11.5 Å². The van der Waals surface area contributed by atoms with E-state index in [4.69, 9.17) is 31.8 Å². The number of aromatic amines is 2. The fourth-order valence-corrected chi connectivity index (χ4v) is 9.60. The molecule has 0 radical (unpaired) electrons. The normalized spacial score (nSPS) is 22.9. The smallest absolute Gasteiger partial charge is 0.231 e. The van der Waals surface area contributed by atoms with Crippen molar-refractivity contribution in [3.05, 3.63) is 90.8 Å². The summed E-state index contributed by atoms with van der Waals surface area (Å²) >= 11 is 5.99. The van der Waals surface area contributed by atoms with Gasteiger partial charge in [-0.05, 0) is 100 Å². The quantitative estimate of drug-likeness (QED) is 0.0401. The summed E-state index contributed by atoms with van der Waals surface area (Å²) in [5.41, 5.74) is 9.61. The SMILES string of the molecule is CC(C)Oc1cccc(N)c1.CC(C)Oc1cccc(Nc2nc(NC3C4C=CC(C4)C3C(=O)N(C)C)c3[nH]cnc3n2)c1.CN(C)C(=O)C1C2C=CC(C2)C1Nc1nc(Cl)nc2nc[nH]c12. The average Bonchev–Trinajstić information content (AvgIpc) is 4.14. The summed E-state index contributed by atoms with van der Waals surface area (Å²) in [6, 6.07) is 15.1. The van der Waals surface area contributed by atoms with Crippen LogP contribution in [0, 0.1) is 35.5 Å². The second-order valence-corrected chi connectivity index (χ2v) is 18.6. The fourth-order valence-electron chi connectivity index (χ4n) is 9.44. The molecule has 4 bridgehead atoms. The third kappa shape index (κ3) is 10.5. The summed E-state index contributed by atoms with van der Waals surface area (Å²) < 4.78 is 11.2. The van der Waals surface area contributed by atoms with E-state index in [0.717, 1.165) is 41.2 Å². The van der Waals surface area contributed by atoms with Crippen molar-refractivity contribution in [2.75, 3.05) is 49.9 Å². The number of rotatable bonds is 12. The minimum Gasteiger partial charge on any atom is -0.491 e. The van der Waals surface area contributed by atoms with E-state index in [1.165, 1.54) is 0 Å². The van der Waals surface area contributed by atoms with E-state index in [1.807, 2.05) is 90.3 Å². The maximum Gasteiger partial charge on any atom is 0.231 e. The van der Waals surface area contributed by atoms with Gasteiger partial charge in [-0.25, -0.2) is 9.97 Å². The Kier molecular flexibility index (Phi) is 13.8. The maximum atomic E-state index is 12.9. The van der Waals surface area contributed by atoms with Crippen LogP contribution in [0.25, 0.3) is 22.3 Å². The molecule has 6 aromatic rings. The number of nitrogens with zero attached hydrogens (tertiary/aromatic N) is 8. The standard InChI is InChI=1S/C24H29N7O2.C15H17ClN6O.C9H13NO/c1-13(2)33-17-7-5-6-16(11-17)27-24-29-21-20(25-12-26-21)22(30-24)28-19-15-9-8-14(10-15)18(19)23(32)31(3)4;1-22(2)14(23)9-7-3-4-8(5-7)10(9)19-13-11-12(18-6-17-11)20-15(16)21-13;1-7(2)11-9-5-3-4-8(10)6-9/h5-9,11-15,18-19H,10H2,1-4H3,(H3,25,26,27,28,29,30);3-4,6-10H,5H2,1-2H3,(H2,17,18,19,20,21);3-7H,10H2,1-2H3. The average molecular weight is 932 g/mol. The molecule has 4 aromatic heterocycles. The lowest BCUT2D eigenvalue weighted by Crippen LogP contribution is -2.43. The Bertz CT molecular complexity index is 2770. The van der Waals surface area contributed by atoms with Crippen LogP contribution in [0.5, 0.6) is 11.5 Å². The first-order chi connectivity index (χ1) is 32.1. The summed E-state index contributed by atoms with van der Waals surface area (Å²) in [5.74, 6) is 4.47. The van der Waals surface area contributed by atoms with Gasteiger partial charge in [0, 0.05) is 63.8 Å². The first-order valence-corrected chi connectivity index (χ1v) is 22.9. The number of imidazole rings is 2. The van der Waals surface area contributed by atoms with Gasteiger partial charge in [-0.1, -0.05) is 36.4 Å². The van der Waals surface area contributed by atoms with Crippen LogP contribution in [0.15, 0.2) is 85.5 Å². The number of H-pyrrole nitrogens is 2. The molecule has 2 amide bonds. The molecule has 4 aliphatic carbocycles. The van der Waals surface area contributed by atoms with Gasteiger partial charge in [0.15, 0.2) is 22.9 Å². The summed E-state index contributed by atoms with van der Waals surface area (Å²) in [7, 11) is 7.21. The molecular formula is C48H59ClN14O4. The molecule has 67 heavy (non-hydrogen) atoms. The van der Waals surface area contributed by atoms with Gasteiger partial charge in [0.2, 0.25) is 23.0 Å². The summed E-state index contributed by atoms with van der Waals surface area (Å²) in [4.78, 5) is 61.2. The second-order valence-electron chi connectivity index (χ2n) is 18.3. The van der Waals surface area contributed by atoms with Crippen LogP contribution in [0.2, 0.25) is 5.28 Å². The molecule has 352 valence electrons. The van der Waals surface area contributed by atoms with Crippen LogP contribution < -0.4 is 31.2 Å². The number of hydrogen-bond donors (Lipinski definition) is 6. The molecule has 19 heteroatoms. The van der Waals surface area contributed by atoms with Crippen LogP contribution in [0.4, 0.5) is 29.0 Å². The lowest BCUT2D eigenvalue weighted by molar-refractivity contribution is -0.134. The fraction of sp³-hybridized carbons (Fsp3) is 0.417. The number of allylic oxidation sites excluding steroid dienone is 2. The predicted octanol–water partition coefficient (Wildman–Crippen LogP) is 7.33. The van der Waals surface area contributed by atoms with Crippen molar-refractivity contribution >= 4 is 74.7 Å². The number of anilines is 5. The highest BCUT2D eigenvalue weighted by molar-refractivity contribution is 6.28. The predicted molar refractivity (Wildman–Crippen MR) is 261 cm³/mol. The van der Waals surface area contributed by atoms with E-state index >= 15 is 0 Å². The van der Waals surface area contributed by atoms with Crippen LogP contribution >= 0.6 is 11.6 Å². The highest BCUT2D eigenvalue weighted by Gasteiger charge is 2.50. The molecule has 7 N–H and O–H groups in total. The Morgan fingerprint density at radius 2 is 1.18 bits per heavy atom. The number of ether oxygens (including phenoxy) is 2. The molecule has 0 aliphatic heterocycles. The molecule has 2 aromatic carbocycles. The Labute approximate surface area is 394 Å². The number of nitrogens with one attached hydrogen (secondary N) is 5. The van der Waals surface area contributed by atoms with Crippen molar-refractivity contribution < 1.29 is 19.1 Å². The molecule has 0 saturated heterocycles. The Hall–Kier alpha value is -6.95. The molecule has 2 fully saturated rings. The number of halogens is 1. The van der Waals surface area contributed by atoms with E-state index in [2.05, 4.69) is 75.1 Å². The van der Waals surface area contributed by atoms with Gasteiger partial charge < -0.3 is 50.9 Å². The molecule has 4 aliphatic rings. The molecule has 0 spiro atoms. The van der Waals surface area contributed by atoms with E-state index in [0.29, 0.717) is 40.3 Å². The van der Waals surface area contributed by atoms with Crippen molar-refractivity contribution in [2.24, 2.45) is 35.5 Å². The molecule has 8 atom stereocenters. The van der Waals surface area contributed by atoms with Gasteiger partial charge in [0.05, 0.1) is 36.7 Å². The number of aromatic nitrogens is 8. The largest absolute Gasteiger partial charge is 0.491 e. The van der Waals surface area contributed by atoms with Gasteiger partial charge in [-0.2, -0.15) is 19.9 Å². The molecular weight excluding hydrogens is 872 g/mol. The summed E-state index contributed by atoms with van der Waals surface area (Å²) in [6.45, 7) is 7.96. The van der Waals surface area contributed by atoms with Crippen LogP contribution in [0.1, 0.15) is 40.5 Å². The van der Waals surface area contributed by atoms with Crippen molar-refractivity contribution in [3.63, 3.8) is 0 Å². The van der Waals surface area contributed by atoms with E-state index < -0.39 is 0 Å². The van der Waals surface area contributed by atoms with Gasteiger partial charge >= 0.3 is 0 Å². The lowest BCUT2D eigenvalue weighted by Gasteiger charge is -2.30. The van der Waals surface area contributed by atoms with Crippen molar-refractivity contribution in [2.45, 2.75) is 64.8 Å². The third-order valence-electron chi connectivity index (χ3n) is 12.2. The first-order valence-electron chi connectivity index (χ1n) is 22.6. The van der Waals surface area contributed by atoms with Crippen molar-refractivity contribution in [1.29, 1.82) is 0 Å². The first kappa shape index (κ1) is 46.6. The minimum absolute atomic E-state index is 0.00244. The second kappa shape index (κ2) is 19.9. The topological polar surface area (TPSA) is 230 Å². The van der Waals surface area contributed by atoms with Gasteiger partial charge in [-0.15, -0.1) is 0 Å². The highest BCUT2D eigenvalue weighted by Crippen LogP contribution is 2.47. The number of nitrogen functional groups attached to an aromatic ring is 1. The molecule has 8 unspecified atom stereocenters. The van der Waals surface area contributed by atoms with Crippen LogP contribution in [-0.4, -0.2) is 114 Å². The highest BCUT2D eigenvalue weighted by atomic mass is 35.5. The van der Waals surface area contributed by atoms with Crippen LogP contribution in [-0.2, 0) is 9.59 Å². The Morgan fingerprint density at radius 3 is 1.70 bits per heavy atom.